The number of aliphatic hydroxyl groups excluding tert-OH is 1. The molecule has 2 N–H and O–H groups in total. The van der Waals surface area contributed by atoms with E-state index in [0.717, 1.165) is 11.1 Å². The van der Waals surface area contributed by atoms with E-state index in [0.29, 0.717) is 29.7 Å². The highest BCUT2D eigenvalue weighted by Crippen LogP contribution is 2.36. The summed E-state index contributed by atoms with van der Waals surface area (Å²) in [7, 11) is -2.02. The summed E-state index contributed by atoms with van der Waals surface area (Å²) < 4.78 is 35.8. The molecule has 0 unspecified atom stereocenters. The van der Waals surface area contributed by atoms with Gasteiger partial charge >= 0.3 is 0 Å². The third-order valence-electron chi connectivity index (χ3n) is 7.19. The summed E-state index contributed by atoms with van der Waals surface area (Å²) in [6, 6.07) is 16.4. The second kappa shape index (κ2) is 13.0. The molecule has 0 aliphatic carbocycles. The smallest absolute Gasteiger partial charge is 0.262 e. The van der Waals surface area contributed by atoms with Crippen LogP contribution in [0.4, 0.5) is 5.69 Å². The van der Waals surface area contributed by atoms with Crippen molar-refractivity contribution in [2.45, 2.75) is 44.4 Å². The number of likely N-dealkylation sites (N-methyl/N-ethyl adjacent to an activating group) is 1. The van der Waals surface area contributed by atoms with E-state index >= 15 is 0 Å². The lowest BCUT2D eigenvalue weighted by molar-refractivity contribution is 0.0344. The number of ether oxygens (including phenoxy) is 1. The van der Waals surface area contributed by atoms with Crippen LogP contribution in [0.3, 0.4) is 0 Å². The maximum Gasteiger partial charge on any atom is 0.262 e. The van der Waals surface area contributed by atoms with Gasteiger partial charge in [-0.15, -0.1) is 0 Å². The molecule has 0 fully saturated rings. The molecule has 3 aromatic rings. The number of hydrogen-bond acceptors (Lipinski definition) is 6. The van der Waals surface area contributed by atoms with Crippen molar-refractivity contribution in [1.82, 2.24) is 9.80 Å². The molecular formula is C30H35Cl2N3O5S. The Morgan fingerprint density at radius 1 is 1.12 bits per heavy atom. The van der Waals surface area contributed by atoms with Crippen molar-refractivity contribution < 1.29 is 23.1 Å². The summed E-state index contributed by atoms with van der Waals surface area (Å²) in [6.45, 7) is 6.81. The molecule has 1 aliphatic heterocycles. The van der Waals surface area contributed by atoms with E-state index < -0.39 is 22.2 Å². The standard InChI is InChI=1S/C30H35Cl2N3O5S/c1-19-8-11-23(12-9-19)41(38,39)33-27-7-5-6-24-29(27)40-28(20(2)15-35(30(24)37)21(3)18-36)17-34(4)16-22-10-13-25(31)26(32)14-22/h5-14,20-21,28,33,36H,15-18H2,1-4H3/t20-,21+,28-/m0/s1. The summed E-state index contributed by atoms with van der Waals surface area (Å²) in [5, 5.41) is 10.9. The fraction of sp³-hybridized carbons (Fsp3) is 0.367. The molecule has 0 bridgehead atoms. The van der Waals surface area contributed by atoms with Crippen molar-refractivity contribution in [2.75, 3.05) is 31.5 Å². The predicted molar refractivity (Wildman–Crippen MR) is 162 cm³/mol. The van der Waals surface area contributed by atoms with E-state index in [9.17, 15) is 18.3 Å². The average Bonchev–Trinajstić information content (AvgIpc) is 2.92. The summed E-state index contributed by atoms with van der Waals surface area (Å²) in [5.74, 6) is -0.339. The highest BCUT2D eigenvalue weighted by molar-refractivity contribution is 7.92. The van der Waals surface area contributed by atoms with Gasteiger partial charge in [-0.3, -0.25) is 14.4 Å². The summed E-state index contributed by atoms with van der Waals surface area (Å²) in [6.07, 6.45) is -0.423. The van der Waals surface area contributed by atoms with Gasteiger partial charge < -0.3 is 14.7 Å². The molecule has 0 radical (unpaired) electrons. The lowest BCUT2D eigenvalue weighted by Crippen LogP contribution is -2.49. The van der Waals surface area contributed by atoms with Crippen LogP contribution in [-0.4, -0.2) is 68.1 Å². The van der Waals surface area contributed by atoms with Gasteiger partial charge in [0, 0.05) is 25.6 Å². The quantitative estimate of drug-likeness (QED) is 0.330. The Balaban J connectivity index is 1.70. The molecule has 0 spiro atoms. The van der Waals surface area contributed by atoms with Gasteiger partial charge in [-0.2, -0.15) is 0 Å². The molecule has 220 valence electrons. The van der Waals surface area contributed by atoms with Crippen molar-refractivity contribution in [3.63, 3.8) is 0 Å². The summed E-state index contributed by atoms with van der Waals surface area (Å²) in [4.78, 5) is 17.5. The number of anilines is 1. The van der Waals surface area contributed by atoms with Crippen molar-refractivity contribution in [3.8, 4) is 5.75 Å². The van der Waals surface area contributed by atoms with Gasteiger partial charge in [0.1, 0.15) is 6.10 Å². The van der Waals surface area contributed by atoms with Crippen molar-refractivity contribution in [1.29, 1.82) is 0 Å². The molecule has 8 nitrogen and oxygen atoms in total. The van der Waals surface area contributed by atoms with E-state index in [1.807, 2.05) is 33.0 Å². The average molecular weight is 621 g/mol. The number of carbonyl (C=O) groups excluding carboxylic acids is 1. The number of carbonyl (C=O) groups is 1. The zero-order valence-electron chi connectivity index (χ0n) is 23.5. The topological polar surface area (TPSA) is 99.2 Å². The highest BCUT2D eigenvalue weighted by Gasteiger charge is 2.35. The number of nitrogens with zero attached hydrogens (tertiary/aromatic N) is 2. The molecule has 41 heavy (non-hydrogen) atoms. The Bertz CT molecular complexity index is 1500. The van der Waals surface area contributed by atoms with E-state index in [1.165, 1.54) is 12.1 Å². The van der Waals surface area contributed by atoms with Gasteiger partial charge in [0.2, 0.25) is 0 Å². The maximum absolute atomic E-state index is 13.7. The van der Waals surface area contributed by atoms with Gasteiger partial charge in [0.05, 0.1) is 38.8 Å². The van der Waals surface area contributed by atoms with Crippen LogP contribution in [-0.2, 0) is 16.6 Å². The molecule has 4 rings (SSSR count). The molecule has 3 aromatic carbocycles. The highest BCUT2D eigenvalue weighted by atomic mass is 35.5. The Labute approximate surface area is 251 Å². The minimum Gasteiger partial charge on any atom is -0.486 e. The number of rotatable bonds is 9. The molecule has 0 saturated heterocycles. The van der Waals surface area contributed by atoms with E-state index in [4.69, 9.17) is 27.9 Å². The second-order valence-electron chi connectivity index (χ2n) is 10.7. The SMILES string of the molecule is Cc1ccc(S(=O)(=O)Nc2cccc3c2O[C@@H](CN(C)Cc2ccc(Cl)c(Cl)c2)[C@@H](C)CN([C@H](C)CO)C3=O)cc1. The van der Waals surface area contributed by atoms with Crippen LogP contribution in [0.2, 0.25) is 10.0 Å². The number of fused-ring (bicyclic) bond motifs is 1. The number of para-hydroxylation sites is 1. The Hall–Kier alpha value is -2.82. The number of sulfonamides is 1. The van der Waals surface area contributed by atoms with Crippen molar-refractivity contribution >= 4 is 44.8 Å². The number of halogens is 2. The molecule has 11 heteroatoms. The number of benzene rings is 3. The third-order valence-corrected chi connectivity index (χ3v) is 9.32. The number of hydrogen-bond donors (Lipinski definition) is 2. The molecule has 0 saturated carbocycles. The maximum atomic E-state index is 13.7. The van der Waals surface area contributed by atoms with Crippen molar-refractivity contribution in [3.05, 3.63) is 87.4 Å². The second-order valence-corrected chi connectivity index (χ2v) is 13.2. The van der Waals surface area contributed by atoms with Crippen LogP contribution in [0.25, 0.3) is 0 Å². The van der Waals surface area contributed by atoms with Crippen LogP contribution in [0.5, 0.6) is 5.75 Å². The fourth-order valence-electron chi connectivity index (χ4n) is 4.78. The molecule has 0 aromatic heterocycles. The predicted octanol–water partition coefficient (Wildman–Crippen LogP) is 5.45. The zero-order valence-corrected chi connectivity index (χ0v) is 25.8. The Morgan fingerprint density at radius 3 is 2.49 bits per heavy atom. The van der Waals surface area contributed by atoms with Gasteiger partial charge in [0.15, 0.2) is 5.75 Å². The lowest BCUT2D eigenvalue weighted by Gasteiger charge is -2.38. The van der Waals surface area contributed by atoms with Crippen molar-refractivity contribution in [2.24, 2.45) is 5.92 Å². The van der Waals surface area contributed by atoms with Crippen LogP contribution in [0, 0.1) is 12.8 Å². The molecule has 1 heterocycles. The summed E-state index contributed by atoms with van der Waals surface area (Å²) in [5.41, 5.74) is 2.29. The minimum atomic E-state index is -3.97. The normalized spacial score (nSPS) is 18.3. The molecule has 3 atom stereocenters. The molecule has 1 aliphatic rings. The van der Waals surface area contributed by atoms with Crippen LogP contribution < -0.4 is 9.46 Å². The van der Waals surface area contributed by atoms with Gasteiger partial charge in [-0.1, -0.05) is 60.0 Å². The largest absolute Gasteiger partial charge is 0.486 e. The van der Waals surface area contributed by atoms with Gasteiger partial charge in [-0.05, 0) is 62.9 Å². The fourth-order valence-corrected chi connectivity index (χ4v) is 6.17. The first-order chi connectivity index (χ1) is 19.4. The summed E-state index contributed by atoms with van der Waals surface area (Å²) >= 11 is 12.3. The molecular weight excluding hydrogens is 585 g/mol. The number of aliphatic hydroxyl groups is 1. The molecule has 1 amide bonds. The van der Waals surface area contributed by atoms with Crippen LogP contribution >= 0.6 is 23.2 Å². The van der Waals surface area contributed by atoms with E-state index in [1.54, 1.807) is 48.2 Å². The number of nitrogens with one attached hydrogen (secondary N) is 1. The number of aryl methyl sites for hydroxylation is 1. The van der Waals surface area contributed by atoms with Gasteiger partial charge in [0.25, 0.3) is 15.9 Å². The zero-order chi connectivity index (χ0) is 29.9. The van der Waals surface area contributed by atoms with E-state index in [-0.39, 0.29) is 40.3 Å². The van der Waals surface area contributed by atoms with E-state index in [2.05, 4.69) is 9.62 Å². The van der Waals surface area contributed by atoms with Crippen LogP contribution in [0.15, 0.2) is 65.6 Å². The monoisotopic (exact) mass is 619 g/mol. The van der Waals surface area contributed by atoms with Gasteiger partial charge in [-0.25, -0.2) is 8.42 Å². The minimum absolute atomic E-state index is 0.0969. The third kappa shape index (κ3) is 7.34. The lowest BCUT2D eigenvalue weighted by atomic mass is 9.99. The number of amides is 1. The first-order valence-electron chi connectivity index (χ1n) is 13.3. The Kier molecular flexibility index (Phi) is 9.87. The van der Waals surface area contributed by atoms with Crippen LogP contribution in [0.1, 0.15) is 35.3 Å². The first kappa shape index (κ1) is 31.1. The Morgan fingerprint density at radius 2 is 1.83 bits per heavy atom. The first-order valence-corrected chi connectivity index (χ1v) is 15.6.